The van der Waals surface area contributed by atoms with E-state index in [-0.39, 0.29) is 11.3 Å². The van der Waals surface area contributed by atoms with Crippen molar-refractivity contribution < 1.29 is 15.0 Å². The summed E-state index contributed by atoms with van der Waals surface area (Å²) in [5.41, 5.74) is 2.45. The van der Waals surface area contributed by atoms with Gasteiger partial charge in [0.15, 0.2) is 0 Å². The minimum absolute atomic E-state index is 0.163. The van der Waals surface area contributed by atoms with Crippen molar-refractivity contribution in [2.75, 3.05) is 0 Å². The first-order chi connectivity index (χ1) is 12.5. The Morgan fingerprint density at radius 2 is 1.58 bits per heavy atom. The molecule has 0 spiro atoms. The Labute approximate surface area is 155 Å². The van der Waals surface area contributed by atoms with Gasteiger partial charge in [0.25, 0.3) is 0 Å². The molecule has 0 aliphatic rings. The molecule has 0 aromatic heterocycles. The van der Waals surface area contributed by atoms with Crippen molar-refractivity contribution in [2.24, 2.45) is 4.99 Å². The minimum Gasteiger partial charge on any atom is -0.507 e. The highest BCUT2D eigenvalue weighted by atomic mass is 32.2. The van der Waals surface area contributed by atoms with Crippen LogP contribution in [0.25, 0.3) is 0 Å². The van der Waals surface area contributed by atoms with Crippen LogP contribution in [-0.4, -0.2) is 22.4 Å². The van der Waals surface area contributed by atoms with Crippen molar-refractivity contribution in [2.45, 2.75) is 16.7 Å². The fourth-order valence-corrected chi connectivity index (χ4v) is 3.11. The number of aromatic hydroxyl groups is 1. The van der Waals surface area contributed by atoms with Crippen LogP contribution in [0.15, 0.2) is 81.5 Å². The maximum Gasteiger partial charge on any atom is 0.339 e. The number of carboxylic acids is 1. The summed E-state index contributed by atoms with van der Waals surface area (Å²) in [6, 6.07) is 20.6. The minimum atomic E-state index is -1.18. The van der Waals surface area contributed by atoms with E-state index >= 15 is 0 Å². The second kappa shape index (κ2) is 7.89. The number of carbonyl (C=O) groups is 1. The van der Waals surface area contributed by atoms with Gasteiger partial charge in [0.1, 0.15) is 11.3 Å². The molecule has 0 saturated carbocycles. The SMILES string of the molecule is Cc1ccc(Sc2ccc(C=Nc3ccc(O)c(C(=O)O)c3)cc2)cc1. The molecule has 130 valence electrons. The van der Waals surface area contributed by atoms with Crippen LogP contribution in [0, 0.1) is 6.92 Å². The van der Waals surface area contributed by atoms with Crippen LogP contribution in [0.4, 0.5) is 5.69 Å². The van der Waals surface area contributed by atoms with E-state index in [0.29, 0.717) is 5.69 Å². The van der Waals surface area contributed by atoms with Gasteiger partial charge in [-0.05, 0) is 55.0 Å². The van der Waals surface area contributed by atoms with Crippen LogP contribution in [0.3, 0.4) is 0 Å². The Kier molecular flexibility index (Phi) is 5.39. The Morgan fingerprint density at radius 1 is 0.962 bits per heavy atom. The maximum absolute atomic E-state index is 11.0. The van der Waals surface area contributed by atoms with E-state index in [1.807, 2.05) is 24.3 Å². The smallest absolute Gasteiger partial charge is 0.339 e. The standard InChI is InChI=1S/C21H17NO3S/c1-14-2-7-17(8-3-14)26-18-9-4-15(5-10-18)13-22-16-6-11-20(23)19(12-16)21(24)25/h2-13,23H,1H3,(H,24,25). The van der Waals surface area contributed by atoms with Gasteiger partial charge in [-0.15, -0.1) is 0 Å². The van der Waals surface area contributed by atoms with E-state index in [0.717, 1.165) is 10.5 Å². The molecule has 0 atom stereocenters. The molecule has 0 bridgehead atoms. The quantitative estimate of drug-likeness (QED) is 0.604. The average molecular weight is 363 g/mol. The third kappa shape index (κ3) is 4.52. The van der Waals surface area contributed by atoms with Gasteiger partial charge in [-0.25, -0.2) is 4.79 Å². The molecule has 0 unspecified atom stereocenters. The zero-order chi connectivity index (χ0) is 18.5. The lowest BCUT2D eigenvalue weighted by Crippen LogP contribution is -1.95. The largest absolute Gasteiger partial charge is 0.507 e. The van der Waals surface area contributed by atoms with Gasteiger partial charge >= 0.3 is 5.97 Å². The Morgan fingerprint density at radius 3 is 2.19 bits per heavy atom. The molecule has 5 heteroatoms. The summed E-state index contributed by atoms with van der Waals surface area (Å²) in [6.45, 7) is 2.07. The van der Waals surface area contributed by atoms with E-state index in [1.165, 1.54) is 22.6 Å². The van der Waals surface area contributed by atoms with Gasteiger partial charge in [0.05, 0.1) is 5.69 Å². The molecule has 0 aliphatic heterocycles. The molecule has 3 aromatic rings. The third-order valence-electron chi connectivity index (χ3n) is 3.71. The van der Waals surface area contributed by atoms with Crippen molar-refractivity contribution in [1.29, 1.82) is 0 Å². The fraction of sp³-hybridized carbons (Fsp3) is 0.0476. The highest BCUT2D eigenvalue weighted by Gasteiger charge is 2.09. The Hall–Kier alpha value is -3.05. The van der Waals surface area contributed by atoms with Crippen LogP contribution in [0.1, 0.15) is 21.5 Å². The lowest BCUT2D eigenvalue weighted by molar-refractivity contribution is 0.0694. The normalized spacial score (nSPS) is 11.0. The monoisotopic (exact) mass is 363 g/mol. The first kappa shape index (κ1) is 17.8. The van der Waals surface area contributed by atoms with Crippen LogP contribution in [0.5, 0.6) is 5.75 Å². The lowest BCUT2D eigenvalue weighted by atomic mass is 10.2. The zero-order valence-corrected chi connectivity index (χ0v) is 14.9. The molecule has 2 N–H and O–H groups in total. The second-order valence-electron chi connectivity index (χ2n) is 5.75. The van der Waals surface area contributed by atoms with E-state index in [1.54, 1.807) is 24.0 Å². The first-order valence-electron chi connectivity index (χ1n) is 7.96. The molecule has 0 fully saturated rings. The van der Waals surface area contributed by atoms with Gasteiger partial charge in [-0.3, -0.25) is 4.99 Å². The van der Waals surface area contributed by atoms with Crippen LogP contribution in [-0.2, 0) is 0 Å². The number of phenols is 1. The van der Waals surface area contributed by atoms with Crippen molar-refractivity contribution >= 4 is 29.6 Å². The number of aryl methyl sites for hydroxylation is 1. The number of nitrogens with zero attached hydrogens (tertiary/aromatic N) is 1. The number of carboxylic acid groups (broad SMARTS) is 1. The van der Waals surface area contributed by atoms with Crippen LogP contribution >= 0.6 is 11.8 Å². The average Bonchev–Trinajstić information content (AvgIpc) is 2.64. The van der Waals surface area contributed by atoms with Gasteiger partial charge in [-0.1, -0.05) is 41.6 Å². The summed E-state index contributed by atoms with van der Waals surface area (Å²) in [4.78, 5) is 17.6. The van der Waals surface area contributed by atoms with E-state index in [2.05, 4.69) is 36.2 Å². The molecule has 26 heavy (non-hydrogen) atoms. The predicted octanol–water partition coefficient (Wildman–Crippen LogP) is 5.30. The van der Waals surface area contributed by atoms with Crippen molar-refractivity contribution in [3.05, 3.63) is 83.4 Å². The van der Waals surface area contributed by atoms with E-state index in [4.69, 9.17) is 5.11 Å². The molecule has 0 aliphatic carbocycles. The number of aliphatic imine (C=N–C) groups is 1. The summed E-state index contributed by atoms with van der Waals surface area (Å²) >= 11 is 1.69. The lowest BCUT2D eigenvalue weighted by Gasteiger charge is -2.03. The summed E-state index contributed by atoms with van der Waals surface area (Å²) in [5.74, 6) is -1.45. The van der Waals surface area contributed by atoms with Crippen LogP contribution < -0.4 is 0 Å². The van der Waals surface area contributed by atoms with Crippen molar-refractivity contribution in [3.8, 4) is 5.75 Å². The summed E-state index contributed by atoms with van der Waals surface area (Å²) in [5, 5.41) is 18.6. The summed E-state index contributed by atoms with van der Waals surface area (Å²) in [7, 11) is 0. The van der Waals surface area contributed by atoms with Crippen molar-refractivity contribution in [1.82, 2.24) is 0 Å². The summed E-state index contributed by atoms with van der Waals surface area (Å²) < 4.78 is 0. The molecule has 0 radical (unpaired) electrons. The van der Waals surface area contributed by atoms with Gasteiger partial charge in [0.2, 0.25) is 0 Å². The van der Waals surface area contributed by atoms with Gasteiger partial charge < -0.3 is 10.2 Å². The first-order valence-corrected chi connectivity index (χ1v) is 8.78. The van der Waals surface area contributed by atoms with Crippen LogP contribution in [0.2, 0.25) is 0 Å². The molecule has 3 rings (SSSR count). The van der Waals surface area contributed by atoms with Gasteiger partial charge in [0, 0.05) is 16.0 Å². The number of benzene rings is 3. The van der Waals surface area contributed by atoms with E-state index in [9.17, 15) is 9.90 Å². The van der Waals surface area contributed by atoms with Crippen molar-refractivity contribution in [3.63, 3.8) is 0 Å². The Balaban J connectivity index is 1.71. The van der Waals surface area contributed by atoms with Gasteiger partial charge in [-0.2, -0.15) is 0 Å². The molecule has 0 heterocycles. The highest BCUT2D eigenvalue weighted by molar-refractivity contribution is 7.99. The summed E-state index contributed by atoms with van der Waals surface area (Å²) in [6.07, 6.45) is 1.67. The number of hydrogen-bond donors (Lipinski definition) is 2. The third-order valence-corrected chi connectivity index (χ3v) is 4.73. The van der Waals surface area contributed by atoms with E-state index < -0.39 is 5.97 Å². The Bertz CT molecular complexity index is 948. The highest BCUT2D eigenvalue weighted by Crippen LogP contribution is 2.28. The fourth-order valence-electron chi connectivity index (χ4n) is 2.29. The number of rotatable bonds is 5. The maximum atomic E-state index is 11.0. The molecule has 3 aromatic carbocycles. The molecular weight excluding hydrogens is 346 g/mol. The number of hydrogen-bond acceptors (Lipinski definition) is 4. The number of aromatic carboxylic acids is 1. The molecule has 0 amide bonds. The predicted molar refractivity (Wildman–Crippen MR) is 104 cm³/mol. The second-order valence-corrected chi connectivity index (χ2v) is 6.90. The topological polar surface area (TPSA) is 69.9 Å². The zero-order valence-electron chi connectivity index (χ0n) is 14.1. The molecule has 4 nitrogen and oxygen atoms in total. The molecule has 0 saturated heterocycles. The molecular formula is C21H17NO3S.